The summed E-state index contributed by atoms with van der Waals surface area (Å²) in [6.45, 7) is 9.46. The van der Waals surface area contributed by atoms with Crippen LogP contribution in [0, 0.1) is 20.8 Å². The molecule has 0 spiro atoms. The van der Waals surface area contributed by atoms with Crippen molar-refractivity contribution in [2.24, 2.45) is 0 Å². The number of hydrogen-bond acceptors (Lipinski definition) is 6. The lowest BCUT2D eigenvalue weighted by Gasteiger charge is -2.35. The number of hydrogen-bond donors (Lipinski definition) is 0. The molecule has 3 aromatic rings. The number of rotatable bonds is 4. The lowest BCUT2D eigenvalue weighted by atomic mass is 10.2. The Morgan fingerprint density at radius 3 is 2.23 bits per heavy atom. The van der Waals surface area contributed by atoms with E-state index in [1.54, 1.807) is 0 Å². The molecule has 0 unspecified atom stereocenters. The van der Waals surface area contributed by atoms with Gasteiger partial charge < -0.3 is 4.90 Å². The second-order valence-electron chi connectivity index (χ2n) is 7.78. The van der Waals surface area contributed by atoms with Crippen LogP contribution in [-0.4, -0.2) is 55.8 Å². The summed E-state index contributed by atoms with van der Waals surface area (Å²) in [5, 5.41) is 4.51. The maximum Gasteiger partial charge on any atom is 0.433 e. The zero-order valence-corrected chi connectivity index (χ0v) is 17.7. The van der Waals surface area contributed by atoms with Gasteiger partial charge in [-0.15, -0.1) is 0 Å². The zero-order chi connectivity index (χ0) is 22.2. The molecule has 0 radical (unpaired) electrons. The molecule has 0 saturated carbocycles. The van der Waals surface area contributed by atoms with E-state index >= 15 is 0 Å². The number of piperazine rings is 1. The minimum absolute atomic E-state index is 0.568. The highest BCUT2D eigenvalue weighted by atomic mass is 19.4. The van der Waals surface area contributed by atoms with Gasteiger partial charge in [0.25, 0.3) is 0 Å². The van der Waals surface area contributed by atoms with Crippen molar-refractivity contribution in [2.45, 2.75) is 33.5 Å². The van der Waals surface area contributed by atoms with E-state index in [2.05, 4.69) is 29.9 Å². The summed E-state index contributed by atoms with van der Waals surface area (Å²) in [6, 6.07) is 6.49. The van der Waals surface area contributed by atoms with Crippen LogP contribution in [-0.2, 0) is 12.7 Å². The normalized spacial score (nSPS) is 15.5. The molecule has 1 aliphatic rings. The highest BCUT2D eigenvalue weighted by Gasteiger charge is 2.32. The van der Waals surface area contributed by atoms with Crippen molar-refractivity contribution < 1.29 is 13.2 Å². The fourth-order valence-electron chi connectivity index (χ4n) is 3.75. The van der Waals surface area contributed by atoms with Gasteiger partial charge in [-0.2, -0.15) is 18.3 Å². The molecule has 4 heterocycles. The first-order chi connectivity index (χ1) is 14.7. The smallest absolute Gasteiger partial charge is 0.354 e. The van der Waals surface area contributed by atoms with Crippen LogP contribution in [0.15, 0.2) is 30.5 Å². The summed E-state index contributed by atoms with van der Waals surface area (Å²) in [6.07, 6.45) is -3.10. The van der Waals surface area contributed by atoms with Gasteiger partial charge in [0.1, 0.15) is 17.3 Å². The van der Waals surface area contributed by atoms with Gasteiger partial charge in [-0.3, -0.25) is 9.88 Å². The minimum Gasteiger partial charge on any atom is -0.354 e. The van der Waals surface area contributed by atoms with Crippen molar-refractivity contribution >= 4 is 5.82 Å². The van der Waals surface area contributed by atoms with Gasteiger partial charge >= 0.3 is 6.18 Å². The van der Waals surface area contributed by atoms with Crippen LogP contribution >= 0.6 is 0 Å². The van der Waals surface area contributed by atoms with Crippen molar-refractivity contribution in [1.29, 1.82) is 0 Å². The first-order valence-corrected chi connectivity index (χ1v) is 10.1. The molecule has 0 atom stereocenters. The largest absolute Gasteiger partial charge is 0.433 e. The predicted octanol–water partition coefficient (Wildman–Crippen LogP) is 3.32. The Bertz CT molecular complexity index is 1050. The molecule has 0 amide bonds. The molecule has 31 heavy (non-hydrogen) atoms. The summed E-state index contributed by atoms with van der Waals surface area (Å²) >= 11 is 0. The van der Waals surface area contributed by atoms with Crippen molar-refractivity contribution in [2.75, 3.05) is 31.1 Å². The summed E-state index contributed by atoms with van der Waals surface area (Å²) in [5.41, 5.74) is 1.85. The number of nitrogens with zero attached hydrogens (tertiary/aromatic N) is 7. The van der Waals surface area contributed by atoms with Gasteiger partial charge in [0.2, 0.25) is 0 Å². The Morgan fingerprint density at radius 2 is 1.65 bits per heavy atom. The van der Waals surface area contributed by atoms with Crippen molar-refractivity contribution in [3.05, 3.63) is 58.9 Å². The molecule has 0 bridgehead atoms. The van der Waals surface area contributed by atoms with Crippen molar-refractivity contribution in [3.8, 4) is 5.82 Å². The maximum absolute atomic E-state index is 12.7. The van der Waals surface area contributed by atoms with Crippen LogP contribution in [0.3, 0.4) is 0 Å². The Morgan fingerprint density at radius 1 is 0.935 bits per heavy atom. The molecular weight excluding hydrogens is 407 g/mol. The molecule has 164 valence electrons. The number of aryl methyl sites for hydroxylation is 3. The number of pyridine rings is 1. The number of aromatic nitrogens is 5. The Kier molecular flexibility index (Phi) is 5.65. The first kappa shape index (κ1) is 21.2. The van der Waals surface area contributed by atoms with Gasteiger partial charge in [-0.1, -0.05) is 6.07 Å². The molecule has 10 heteroatoms. The molecule has 4 rings (SSSR count). The molecule has 0 aliphatic carbocycles. The van der Waals surface area contributed by atoms with Gasteiger partial charge in [-0.25, -0.2) is 14.6 Å². The van der Waals surface area contributed by atoms with E-state index in [0.717, 1.165) is 60.8 Å². The fraction of sp³-hybridized carbons (Fsp3) is 0.429. The summed E-state index contributed by atoms with van der Waals surface area (Å²) < 4.78 is 39.9. The summed E-state index contributed by atoms with van der Waals surface area (Å²) in [7, 11) is 0. The molecule has 7 nitrogen and oxygen atoms in total. The molecule has 0 N–H and O–H groups in total. The van der Waals surface area contributed by atoms with E-state index in [9.17, 15) is 13.2 Å². The minimum atomic E-state index is -4.41. The fourth-order valence-corrected chi connectivity index (χ4v) is 3.75. The van der Waals surface area contributed by atoms with Crippen LogP contribution in [0.4, 0.5) is 19.0 Å². The second kappa shape index (κ2) is 8.26. The quantitative estimate of drug-likeness (QED) is 0.632. The molecular formula is C21H24F3N7. The van der Waals surface area contributed by atoms with Crippen LogP contribution in [0.2, 0.25) is 0 Å². The molecule has 3 aromatic heterocycles. The van der Waals surface area contributed by atoms with E-state index in [0.29, 0.717) is 12.4 Å². The zero-order valence-electron chi connectivity index (χ0n) is 17.7. The number of alkyl halides is 3. The van der Waals surface area contributed by atoms with Crippen molar-refractivity contribution in [3.63, 3.8) is 0 Å². The molecule has 1 saturated heterocycles. The highest BCUT2D eigenvalue weighted by molar-refractivity contribution is 5.45. The lowest BCUT2D eigenvalue weighted by molar-refractivity contribution is -0.141. The van der Waals surface area contributed by atoms with E-state index in [4.69, 9.17) is 0 Å². The molecule has 1 fully saturated rings. The van der Waals surface area contributed by atoms with Crippen LogP contribution in [0.5, 0.6) is 0 Å². The van der Waals surface area contributed by atoms with Gasteiger partial charge in [0.15, 0.2) is 5.82 Å². The van der Waals surface area contributed by atoms with Crippen molar-refractivity contribution in [1.82, 2.24) is 29.6 Å². The van der Waals surface area contributed by atoms with E-state index in [1.165, 1.54) is 12.3 Å². The van der Waals surface area contributed by atoms with Crippen LogP contribution in [0.25, 0.3) is 5.82 Å². The van der Waals surface area contributed by atoms with E-state index in [-0.39, 0.29) is 0 Å². The summed E-state index contributed by atoms with van der Waals surface area (Å²) in [5.74, 6) is 2.27. The average Bonchev–Trinajstić information content (AvgIpc) is 3.06. The van der Waals surface area contributed by atoms with E-state index in [1.807, 2.05) is 37.6 Å². The third-order valence-electron chi connectivity index (χ3n) is 5.26. The lowest BCUT2D eigenvalue weighted by Crippen LogP contribution is -2.46. The maximum atomic E-state index is 12.7. The van der Waals surface area contributed by atoms with Gasteiger partial charge in [0.05, 0.1) is 5.69 Å². The molecule has 0 aromatic carbocycles. The molecule has 1 aliphatic heterocycles. The average molecular weight is 431 g/mol. The Balaban J connectivity index is 1.41. The number of anilines is 1. The highest BCUT2D eigenvalue weighted by Crippen LogP contribution is 2.27. The first-order valence-electron chi connectivity index (χ1n) is 10.1. The number of halogens is 3. The monoisotopic (exact) mass is 431 g/mol. The SMILES string of the molecule is Cc1cc(C)n(-c2cc(N3CCN(Cc4ccc(C(F)(F)F)nc4)CC3)nc(C)n2)n1. The third kappa shape index (κ3) is 4.84. The van der Waals surface area contributed by atoms with Gasteiger partial charge in [-0.05, 0) is 38.5 Å². The van der Waals surface area contributed by atoms with Crippen LogP contribution in [0.1, 0.15) is 28.5 Å². The summed E-state index contributed by atoms with van der Waals surface area (Å²) in [4.78, 5) is 17.1. The van der Waals surface area contributed by atoms with Crippen LogP contribution < -0.4 is 4.90 Å². The topological polar surface area (TPSA) is 63.0 Å². The van der Waals surface area contributed by atoms with E-state index < -0.39 is 11.9 Å². The predicted molar refractivity (Wildman–Crippen MR) is 110 cm³/mol. The second-order valence-corrected chi connectivity index (χ2v) is 7.78. The third-order valence-corrected chi connectivity index (χ3v) is 5.26. The standard InChI is InChI=1S/C21H24F3N7/c1-14-10-15(2)31(28-14)20-11-19(26-16(3)27-20)30-8-6-29(7-9-30)13-17-4-5-18(25-12-17)21(22,23)24/h4-5,10-12H,6-9,13H2,1-3H3. The Hall–Kier alpha value is -3.01. The van der Waals surface area contributed by atoms with Gasteiger partial charge in [0, 0.05) is 50.7 Å². The Labute approximate surface area is 178 Å².